The van der Waals surface area contributed by atoms with Gasteiger partial charge in [0, 0.05) is 5.46 Å². The van der Waals surface area contributed by atoms with Crippen molar-refractivity contribution in [1.29, 1.82) is 0 Å². The Morgan fingerprint density at radius 2 is 1.67 bits per heavy atom. The molecule has 0 spiro atoms. The van der Waals surface area contributed by atoms with E-state index in [4.69, 9.17) is 9.31 Å². The molecular weight excluding hydrogens is 237 g/mol. The molecule has 2 rings (SSSR count). The third-order valence-corrected chi connectivity index (χ3v) is 3.78. The van der Waals surface area contributed by atoms with Crippen molar-refractivity contribution in [2.75, 3.05) is 0 Å². The topological polar surface area (TPSA) is 18.5 Å². The van der Waals surface area contributed by atoms with Gasteiger partial charge in [-0.05, 0) is 39.3 Å². The molecule has 2 nitrogen and oxygen atoms in total. The molecule has 1 saturated heterocycles. The van der Waals surface area contributed by atoms with Crippen molar-refractivity contribution in [2.45, 2.75) is 45.6 Å². The number of halogens is 2. The van der Waals surface area contributed by atoms with Crippen molar-refractivity contribution >= 4 is 12.6 Å². The Kier molecular flexibility index (Phi) is 3.24. The SMILES string of the molecule is CC1(C)OB(c2c(F)cccc2CF)OC1(C)C. The summed E-state index contributed by atoms with van der Waals surface area (Å²) in [5.41, 5.74) is -0.687. The first-order chi connectivity index (χ1) is 8.28. The van der Waals surface area contributed by atoms with E-state index in [0.29, 0.717) is 0 Å². The average Bonchev–Trinajstić information content (AvgIpc) is 2.47. The van der Waals surface area contributed by atoms with Gasteiger partial charge >= 0.3 is 7.12 Å². The Morgan fingerprint density at radius 1 is 1.11 bits per heavy atom. The Labute approximate surface area is 106 Å². The highest BCUT2D eigenvalue weighted by molar-refractivity contribution is 6.62. The normalized spacial score (nSPS) is 21.3. The van der Waals surface area contributed by atoms with Crippen LogP contribution >= 0.6 is 0 Å². The maximum atomic E-state index is 13.9. The van der Waals surface area contributed by atoms with Crippen LogP contribution in [0.5, 0.6) is 0 Å². The van der Waals surface area contributed by atoms with Crippen LogP contribution in [0.3, 0.4) is 0 Å². The van der Waals surface area contributed by atoms with Crippen molar-refractivity contribution in [1.82, 2.24) is 0 Å². The molecule has 0 amide bonds. The average molecular weight is 254 g/mol. The molecule has 0 aromatic heterocycles. The largest absolute Gasteiger partial charge is 0.498 e. The van der Waals surface area contributed by atoms with E-state index in [0.717, 1.165) is 0 Å². The zero-order valence-electron chi connectivity index (χ0n) is 11.1. The fourth-order valence-corrected chi connectivity index (χ4v) is 1.92. The molecule has 0 aliphatic carbocycles. The van der Waals surface area contributed by atoms with Gasteiger partial charge in [0.25, 0.3) is 0 Å². The van der Waals surface area contributed by atoms with Crippen molar-refractivity contribution in [2.24, 2.45) is 0 Å². The van der Waals surface area contributed by atoms with Crippen LogP contribution in [0.2, 0.25) is 0 Å². The van der Waals surface area contributed by atoms with Crippen molar-refractivity contribution in [3.05, 3.63) is 29.6 Å². The second-order valence-electron chi connectivity index (χ2n) is 5.53. The monoisotopic (exact) mass is 254 g/mol. The van der Waals surface area contributed by atoms with E-state index in [1.165, 1.54) is 12.1 Å². The summed E-state index contributed by atoms with van der Waals surface area (Å²) in [6.45, 7) is 6.77. The maximum Gasteiger partial charge on any atom is 0.498 e. The fourth-order valence-electron chi connectivity index (χ4n) is 1.92. The van der Waals surface area contributed by atoms with Gasteiger partial charge in [-0.1, -0.05) is 12.1 Å². The van der Waals surface area contributed by atoms with E-state index in [-0.39, 0.29) is 11.0 Å². The fraction of sp³-hybridized carbons (Fsp3) is 0.538. The van der Waals surface area contributed by atoms with Gasteiger partial charge in [0.2, 0.25) is 0 Å². The summed E-state index contributed by atoms with van der Waals surface area (Å²) >= 11 is 0. The number of benzene rings is 1. The predicted octanol–water partition coefficient (Wildman–Crippen LogP) is 2.59. The molecule has 1 fully saturated rings. The minimum absolute atomic E-state index is 0.165. The number of hydrogen-bond donors (Lipinski definition) is 0. The summed E-state index contributed by atoms with van der Waals surface area (Å²) in [7, 11) is -0.859. The molecule has 0 N–H and O–H groups in total. The van der Waals surface area contributed by atoms with Gasteiger partial charge in [-0.25, -0.2) is 8.78 Å². The van der Waals surface area contributed by atoms with E-state index in [1.54, 1.807) is 6.07 Å². The molecule has 0 unspecified atom stereocenters. The molecule has 0 atom stereocenters. The zero-order valence-corrected chi connectivity index (χ0v) is 11.1. The Morgan fingerprint density at radius 3 is 2.17 bits per heavy atom. The third-order valence-electron chi connectivity index (χ3n) is 3.78. The van der Waals surface area contributed by atoms with Gasteiger partial charge in [-0.2, -0.15) is 0 Å². The lowest BCUT2D eigenvalue weighted by Crippen LogP contribution is -2.41. The molecule has 0 bridgehead atoms. The Hall–Kier alpha value is -0.935. The summed E-state index contributed by atoms with van der Waals surface area (Å²) < 4.78 is 38.3. The van der Waals surface area contributed by atoms with Crippen molar-refractivity contribution in [3.8, 4) is 0 Å². The molecule has 0 radical (unpaired) electrons. The molecule has 98 valence electrons. The predicted molar refractivity (Wildman–Crippen MR) is 66.9 cm³/mol. The van der Waals surface area contributed by atoms with E-state index in [1.807, 2.05) is 27.7 Å². The van der Waals surface area contributed by atoms with Gasteiger partial charge in [-0.3, -0.25) is 0 Å². The van der Waals surface area contributed by atoms with Gasteiger partial charge in [0.1, 0.15) is 12.5 Å². The molecular formula is C13H17BF2O2. The van der Waals surface area contributed by atoms with Gasteiger partial charge in [0.15, 0.2) is 0 Å². The van der Waals surface area contributed by atoms with Gasteiger partial charge in [-0.15, -0.1) is 0 Å². The highest BCUT2D eigenvalue weighted by atomic mass is 19.1. The van der Waals surface area contributed by atoms with Crippen LogP contribution in [0.25, 0.3) is 0 Å². The van der Waals surface area contributed by atoms with E-state index in [9.17, 15) is 8.78 Å². The van der Waals surface area contributed by atoms with Crippen LogP contribution in [0.1, 0.15) is 33.3 Å². The van der Waals surface area contributed by atoms with Crippen LogP contribution in [-0.2, 0) is 16.0 Å². The zero-order chi connectivity index (χ0) is 13.6. The quantitative estimate of drug-likeness (QED) is 0.755. The molecule has 5 heteroatoms. The molecule has 1 heterocycles. The summed E-state index contributed by atoms with van der Waals surface area (Å²) in [6.07, 6.45) is 0. The third kappa shape index (κ3) is 2.06. The molecule has 1 aliphatic heterocycles. The van der Waals surface area contributed by atoms with Crippen LogP contribution in [0.15, 0.2) is 18.2 Å². The van der Waals surface area contributed by atoms with Gasteiger partial charge < -0.3 is 9.31 Å². The highest BCUT2D eigenvalue weighted by Crippen LogP contribution is 2.36. The van der Waals surface area contributed by atoms with E-state index < -0.39 is 30.8 Å². The van der Waals surface area contributed by atoms with E-state index >= 15 is 0 Å². The smallest absolute Gasteiger partial charge is 0.399 e. The van der Waals surface area contributed by atoms with Crippen LogP contribution < -0.4 is 5.46 Å². The lowest BCUT2D eigenvalue weighted by atomic mass is 9.75. The first kappa shape index (κ1) is 13.5. The number of hydrogen-bond acceptors (Lipinski definition) is 2. The molecule has 18 heavy (non-hydrogen) atoms. The maximum absolute atomic E-state index is 13.9. The van der Waals surface area contributed by atoms with Crippen LogP contribution in [-0.4, -0.2) is 18.3 Å². The lowest BCUT2D eigenvalue weighted by molar-refractivity contribution is 0.00578. The standard InChI is InChI=1S/C13H17BF2O2/c1-12(2)13(3,4)18-14(17-12)11-9(8-15)6-5-7-10(11)16/h5-7H,8H2,1-4H3. The first-order valence-corrected chi connectivity index (χ1v) is 5.97. The summed E-state index contributed by atoms with van der Waals surface area (Å²) in [6, 6.07) is 4.32. The van der Waals surface area contributed by atoms with E-state index in [2.05, 4.69) is 0 Å². The second-order valence-corrected chi connectivity index (χ2v) is 5.53. The Bertz CT molecular complexity index is 444. The lowest BCUT2D eigenvalue weighted by Gasteiger charge is -2.32. The second kappa shape index (κ2) is 4.32. The van der Waals surface area contributed by atoms with Gasteiger partial charge in [0.05, 0.1) is 11.2 Å². The molecule has 1 aromatic carbocycles. The van der Waals surface area contributed by atoms with Crippen LogP contribution in [0.4, 0.5) is 8.78 Å². The minimum atomic E-state index is -0.859. The summed E-state index contributed by atoms with van der Waals surface area (Å²) in [5, 5.41) is 0. The molecule has 0 saturated carbocycles. The number of rotatable bonds is 2. The Balaban J connectivity index is 2.41. The van der Waals surface area contributed by atoms with Crippen molar-refractivity contribution in [3.63, 3.8) is 0 Å². The van der Waals surface area contributed by atoms with Crippen molar-refractivity contribution < 1.29 is 18.1 Å². The summed E-state index contributed by atoms with van der Waals surface area (Å²) in [4.78, 5) is 0. The molecule has 1 aliphatic rings. The highest BCUT2D eigenvalue weighted by Gasteiger charge is 2.52. The molecule has 1 aromatic rings. The van der Waals surface area contributed by atoms with Crippen LogP contribution in [0, 0.1) is 5.82 Å². The first-order valence-electron chi connectivity index (χ1n) is 5.97. The minimum Gasteiger partial charge on any atom is -0.399 e. The number of alkyl halides is 1. The summed E-state index contributed by atoms with van der Waals surface area (Å²) in [5.74, 6) is -0.497.